The number of phosphoric acid groups is 1. The summed E-state index contributed by atoms with van der Waals surface area (Å²) in [7, 11) is -4.61. The number of hydrogen-bond acceptors (Lipinski definition) is 9. The van der Waals surface area contributed by atoms with Crippen molar-refractivity contribution in [3.05, 3.63) is 24.3 Å². The number of allylic oxidation sites excluding steroid dienone is 4. The molecule has 0 aromatic heterocycles. The molecule has 11 heteroatoms. The predicted octanol–water partition coefficient (Wildman–Crippen LogP) is 9.83. The second-order valence-corrected chi connectivity index (χ2v) is 14.8. The molecule has 0 rings (SSSR count). The van der Waals surface area contributed by atoms with Gasteiger partial charge < -0.3 is 24.6 Å². The molecule has 50 heavy (non-hydrogen) atoms. The molecule has 0 radical (unpaired) electrons. The molecule has 10 nitrogen and oxygen atoms in total. The highest BCUT2D eigenvalue weighted by molar-refractivity contribution is 7.47. The van der Waals surface area contributed by atoms with Gasteiger partial charge in [-0.15, -0.1) is 0 Å². The zero-order valence-electron chi connectivity index (χ0n) is 31.6. The minimum Gasteiger partial charge on any atom is -0.462 e. The van der Waals surface area contributed by atoms with Gasteiger partial charge in [0.15, 0.2) is 6.10 Å². The van der Waals surface area contributed by atoms with Gasteiger partial charge in [0.05, 0.1) is 19.8 Å². The zero-order chi connectivity index (χ0) is 37.0. The van der Waals surface area contributed by atoms with E-state index in [-0.39, 0.29) is 19.4 Å². The second-order valence-electron chi connectivity index (χ2n) is 13.3. The van der Waals surface area contributed by atoms with Crippen LogP contribution in [0, 0.1) is 0 Å². The van der Waals surface area contributed by atoms with E-state index in [0.717, 1.165) is 57.8 Å². The number of ether oxygens (including phenoxy) is 2. The van der Waals surface area contributed by atoms with Gasteiger partial charge in [0.25, 0.3) is 0 Å². The first-order valence-corrected chi connectivity index (χ1v) is 21.3. The molecular formula is C39H73O10P. The summed E-state index contributed by atoms with van der Waals surface area (Å²) in [4.78, 5) is 34.8. The van der Waals surface area contributed by atoms with Gasteiger partial charge in [-0.1, -0.05) is 141 Å². The molecule has 0 aromatic rings. The first kappa shape index (κ1) is 48.5. The Labute approximate surface area is 304 Å². The van der Waals surface area contributed by atoms with Crippen LogP contribution in [0.15, 0.2) is 24.3 Å². The first-order chi connectivity index (χ1) is 24.2. The van der Waals surface area contributed by atoms with Crippen LogP contribution in [0.2, 0.25) is 0 Å². The van der Waals surface area contributed by atoms with Crippen molar-refractivity contribution >= 4 is 19.8 Å². The van der Waals surface area contributed by atoms with Crippen LogP contribution in [0.3, 0.4) is 0 Å². The predicted molar refractivity (Wildman–Crippen MR) is 201 cm³/mol. The molecule has 0 bridgehead atoms. The van der Waals surface area contributed by atoms with E-state index < -0.39 is 51.8 Å². The van der Waals surface area contributed by atoms with Crippen LogP contribution in [0.4, 0.5) is 0 Å². The smallest absolute Gasteiger partial charge is 0.462 e. The average Bonchev–Trinajstić information content (AvgIpc) is 3.10. The molecule has 0 aliphatic heterocycles. The highest BCUT2D eigenvalue weighted by atomic mass is 31.2. The Hall–Kier alpha value is -1.55. The minimum atomic E-state index is -4.61. The lowest BCUT2D eigenvalue weighted by molar-refractivity contribution is -0.161. The van der Waals surface area contributed by atoms with Crippen LogP contribution >= 0.6 is 7.82 Å². The van der Waals surface area contributed by atoms with E-state index in [1.807, 2.05) is 0 Å². The monoisotopic (exact) mass is 732 g/mol. The average molecular weight is 733 g/mol. The van der Waals surface area contributed by atoms with Crippen LogP contribution in [0.25, 0.3) is 0 Å². The van der Waals surface area contributed by atoms with E-state index in [1.165, 1.54) is 77.0 Å². The summed E-state index contributed by atoms with van der Waals surface area (Å²) in [6.45, 7) is 2.32. The second kappa shape index (κ2) is 35.8. The maximum Gasteiger partial charge on any atom is 0.472 e. The number of aliphatic hydroxyl groups is 2. The number of hydrogen-bond donors (Lipinski definition) is 3. The van der Waals surface area contributed by atoms with Crippen LogP contribution < -0.4 is 0 Å². The summed E-state index contributed by atoms with van der Waals surface area (Å²) >= 11 is 0. The number of aliphatic hydroxyl groups excluding tert-OH is 2. The number of esters is 2. The maximum absolute atomic E-state index is 12.6. The van der Waals surface area contributed by atoms with Gasteiger partial charge in [-0.2, -0.15) is 0 Å². The van der Waals surface area contributed by atoms with E-state index in [1.54, 1.807) is 0 Å². The Kier molecular flexibility index (Phi) is 34.7. The summed E-state index contributed by atoms with van der Waals surface area (Å²) in [5, 5.41) is 18.3. The SMILES string of the molecule is CCCCC/C=C\C/C=C\CCCCCCCCCC(=O)OC(COC(=O)CCCCCCCCCCCC)COP(=O)(O)OCC(O)CO. The molecule has 294 valence electrons. The van der Waals surface area contributed by atoms with Crippen molar-refractivity contribution in [3.63, 3.8) is 0 Å². The van der Waals surface area contributed by atoms with Crippen molar-refractivity contribution in [3.8, 4) is 0 Å². The minimum absolute atomic E-state index is 0.177. The number of carbonyl (C=O) groups is 2. The molecule has 3 unspecified atom stereocenters. The molecule has 3 atom stereocenters. The van der Waals surface area contributed by atoms with Crippen LogP contribution in [-0.4, -0.2) is 65.7 Å². The molecule has 0 heterocycles. The lowest BCUT2D eigenvalue weighted by Gasteiger charge is -2.20. The molecule has 0 fully saturated rings. The van der Waals surface area contributed by atoms with E-state index in [0.29, 0.717) is 12.8 Å². The molecule has 0 aliphatic rings. The normalized spacial score (nSPS) is 14.3. The summed E-state index contributed by atoms with van der Waals surface area (Å²) in [6, 6.07) is 0. The molecule has 3 N–H and O–H groups in total. The maximum atomic E-state index is 12.6. The lowest BCUT2D eigenvalue weighted by atomic mass is 10.1. The number of phosphoric ester groups is 1. The van der Waals surface area contributed by atoms with Crippen molar-refractivity contribution in [2.45, 2.75) is 187 Å². The topological polar surface area (TPSA) is 149 Å². The Morgan fingerprint density at radius 1 is 0.600 bits per heavy atom. The number of rotatable bonds is 37. The van der Waals surface area contributed by atoms with Gasteiger partial charge in [-0.25, -0.2) is 4.57 Å². The number of carbonyl (C=O) groups excluding carboxylic acids is 2. The Morgan fingerprint density at radius 2 is 1.04 bits per heavy atom. The fourth-order valence-electron chi connectivity index (χ4n) is 5.26. The fourth-order valence-corrected chi connectivity index (χ4v) is 6.05. The van der Waals surface area contributed by atoms with Crippen LogP contribution in [0.5, 0.6) is 0 Å². The van der Waals surface area contributed by atoms with Gasteiger partial charge in [0, 0.05) is 12.8 Å². The highest BCUT2D eigenvalue weighted by Gasteiger charge is 2.27. The summed E-state index contributed by atoms with van der Waals surface area (Å²) in [5.74, 6) is -0.933. The third-order valence-corrected chi connectivity index (χ3v) is 9.31. The molecule has 0 aromatic carbocycles. The van der Waals surface area contributed by atoms with Crippen molar-refractivity contribution in [1.82, 2.24) is 0 Å². The van der Waals surface area contributed by atoms with E-state index in [9.17, 15) is 24.2 Å². The lowest BCUT2D eigenvalue weighted by Crippen LogP contribution is -2.29. The van der Waals surface area contributed by atoms with Crippen molar-refractivity contribution in [1.29, 1.82) is 0 Å². The molecular weight excluding hydrogens is 659 g/mol. The van der Waals surface area contributed by atoms with Gasteiger partial charge in [0.2, 0.25) is 0 Å². The van der Waals surface area contributed by atoms with E-state index in [2.05, 4.69) is 42.7 Å². The Bertz CT molecular complexity index is 894. The highest BCUT2D eigenvalue weighted by Crippen LogP contribution is 2.43. The van der Waals surface area contributed by atoms with E-state index in [4.69, 9.17) is 19.1 Å². The van der Waals surface area contributed by atoms with E-state index >= 15 is 0 Å². The molecule has 0 aliphatic carbocycles. The fraction of sp³-hybridized carbons (Fsp3) is 0.846. The van der Waals surface area contributed by atoms with Crippen molar-refractivity contribution < 1.29 is 47.8 Å². The van der Waals surface area contributed by atoms with Gasteiger partial charge in [-0.3, -0.25) is 18.6 Å². The third-order valence-electron chi connectivity index (χ3n) is 8.36. The van der Waals surface area contributed by atoms with Crippen molar-refractivity contribution in [2.75, 3.05) is 26.4 Å². The van der Waals surface area contributed by atoms with Crippen LogP contribution in [-0.2, 0) is 32.7 Å². The largest absolute Gasteiger partial charge is 0.472 e. The van der Waals surface area contributed by atoms with Crippen LogP contribution in [0.1, 0.15) is 174 Å². The molecule has 0 amide bonds. The van der Waals surface area contributed by atoms with Gasteiger partial charge in [-0.05, 0) is 44.9 Å². The summed E-state index contributed by atoms with van der Waals surface area (Å²) in [5.41, 5.74) is 0. The summed E-state index contributed by atoms with van der Waals surface area (Å²) in [6.07, 6.45) is 32.9. The van der Waals surface area contributed by atoms with Crippen molar-refractivity contribution in [2.24, 2.45) is 0 Å². The first-order valence-electron chi connectivity index (χ1n) is 19.8. The summed E-state index contributed by atoms with van der Waals surface area (Å²) < 4.78 is 32.6. The molecule has 0 saturated heterocycles. The zero-order valence-corrected chi connectivity index (χ0v) is 32.5. The van der Waals surface area contributed by atoms with Gasteiger partial charge in [0.1, 0.15) is 12.7 Å². The van der Waals surface area contributed by atoms with Gasteiger partial charge >= 0.3 is 19.8 Å². The Morgan fingerprint density at radius 3 is 1.58 bits per heavy atom. The molecule has 0 spiro atoms. The standard InChI is InChI=1S/C39H73O10P/c1-3-5-7-9-11-13-15-16-17-18-19-20-21-23-25-27-29-31-39(43)49-37(35-48-50(44,45)47-33-36(41)32-40)34-46-38(42)30-28-26-24-22-14-12-10-8-6-4-2/h11,13,16-17,36-37,40-41H,3-10,12,14-15,18-35H2,1-2H3,(H,44,45)/b13-11-,17-16-. The molecule has 0 saturated carbocycles. The number of unbranched alkanes of at least 4 members (excludes halogenated alkanes) is 19. The Balaban J connectivity index is 4.33. The quantitative estimate of drug-likeness (QED) is 0.0244. The third kappa shape index (κ3) is 34.9.